The highest BCUT2D eigenvalue weighted by molar-refractivity contribution is 5.35. The van der Waals surface area contributed by atoms with Crippen LogP contribution < -0.4 is 4.74 Å². The van der Waals surface area contributed by atoms with Gasteiger partial charge in [0.2, 0.25) is 0 Å². The maximum Gasteiger partial charge on any atom is 0.165 e. The van der Waals surface area contributed by atoms with Crippen molar-refractivity contribution in [3.05, 3.63) is 95.3 Å². The second kappa shape index (κ2) is 9.88. The van der Waals surface area contributed by atoms with E-state index in [-0.39, 0.29) is 17.3 Å². The molecule has 0 aromatic heterocycles. The summed E-state index contributed by atoms with van der Waals surface area (Å²) < 4.78 is 31.1. The van der Waals surface area contributed by atoms with Gasteiger partial charge in [-0.05, 0) is 47.9 Å². The lowest BCUT2D eigenvalue weighted by atomic mass is 9.85. The Bertz CT molecular complexity index is 936. The van der Waals surface area contributed by atoms with Gasteiger partial charge in [-0.1, -0.05) is 62.4 Å². The molecule has 3 aromatic rings. The van der Waals surface area contributed by atoms with E-state index in [9.17, 15) is 4.39 Å². The molecule has 4 heteroatoms. The Morgan fingerprint density at radius 3 is 2.30 bits per heavy atom. The highest BCUT2D eigenvalue weighted by atomic mass is 19.1. The first kappa shape index (κ1) is 22.0. The number of ether oxygens (including phenoxy) is 3. The van der Waals surface area contributed by atoms with Crippen molar-refractivity contribution in [2.24, 2.45) is 0 Å². The molecule has 0 saturated heterocycles. The zero-order valence-corrected chi connectivity index (χ0v) is 18.0. The van der Waals surface area contributed by atoms with Gasteiger partial charge in [0.05, 0.1) is 19.3 Å². The van der Waals surface area contributed by atoms with Crippen molar-refractivity contribution in [3.63, 3.8) is 0 Å². The lowest BCUT2D eigenvalue weighted by molar-refractivity contribution is 0.0823. The van der Waals surface area contributed by atoms with Crippen LogP contribution in [0.1, 0.15) is 43.6 Å². The zero-order valence-electron chi connectivity index (χ0n) is 18.0. The van der Waals surface area contributed by atoms with Crippen molar-refractivity contribution in [3.8, 4) is 11.5 Å². The Balaban J connectivity index is 1.60. The maximum atomic E-state index is 14.1. The molecule has 1 atom stereocenters. The summed E-state index contributed by atoms with van der Waals surface area (Å²) in [4.78, 5) is 0. The summed E-state index contributed by atoms with van der Waals surface area (Å²) in [5, 5.41) is 0. The third kappa shape index (κ3) is 5.68. The summed E-state index contributed by atoms with van der Waals surface area (Å²) in [5.74, 6) is 0.402. The number of benzene rings is 3. The molecule has 0 amide bonds. The molecule has 1 unspecified atom stereocenters. The van der Waals surface area contributed by atoms with Gasteiger partial charge in [-0.25, -0.2) is 4.39 Å². The molecule has 0 aliphatic carbocycles. The van der Waals surface area contributed by atoms with Crippen LogP contribution in [0.4, 0.5) is 4.39 Å². The predicted octanol–water partition coefficient (Wildman–Crippen LogP) is 6.82. The smallest absolute Gasteiger partial charge is 0.165 e. The van der Waals surface area contributed by atoms with Crippen LogP contribution in [0.15, 0.2) is 72.8 Å². The topological polar surface area (TPSA) is 27.7 Å². The van der Waals surface area contributed by atoms with Crippen LogP contribution in [-0.4, -0.2) is 13.7 Å². The Hall–Kier alpha value is -2.69. The number of para-hydroxylation sites is 1. The first-order chi connectivity index (χ1) is 14.4. The van der Waals surface area contributed by atoms with Crippen molar-refractivity contribution in [2.45, 2.75) is 38.9 Å². The third-order valence-corrected chi connectivity index (χ3v) is 5.21. The maximum absolute atomic E-state index is 14.1. The van der Waals surface area contributed by atoms with Gasteiger partial charge < -0.3 is 14.2 Å². The van der Waals surface area contributed by atoms with Crippen molar-refractivity contribution in [1.29, 1.82) is 0 Å². The van der Waals surface area contributed by atoms with Gasteiger partial charge in [-0.15, -0.1) is 0 Å². The van der Waals surface area contributed by atoms with E-state index in [0.717, 1.165) is 11.1 Å². The van der Waals surface area contributed by atoms with Gasteiger partial charge >= 0.3 is 0 Å². The minimum atomic E-state index is -0.395. The normalized spacial score (nSPS) is 12.6. The fraction of sp³-hybridized carbons (Fsp3) is 0.308. The number of rotatable bonds is 9. The van der Waals surface area contributed by atoms with Crippen LogP contribution in [0.25, 0.3) is 0 Å². The van der Waals surface area contributed by atoms with E-state index in [1.54, 1.807) is 31.4 Å². The third-order valence-electron chi connectivity index (χ3n) is 5.21. The summed E-state index contributed by atoms with van der Waals surface area (Å²) >= 11 is 0. The number of hydrogen-bond donors (Lipinski definition) is 0. The van der Waals surface area contributed by atoms with Crippen LogP contribution in [0, 0.1) is 5.82 Å². The average molecular weight is 409 g/mol. The molecule has 0 bridgehead atoms. The molecule has 0 spiro atoms. The first-order valence-electron chi connectivity index (χ1n) is 10.1. The largest absolute Gasteiger partial charge is 0.454 e. The van der Waals surface area contributed by atoms with Gasteiger partial charge in [0, 0.05) is 12.5 Å². The van der Waals surface area contributed by atoms with E-state index in [0.29, 0.717) is 19.0 Å². The van der Waals surface area contributed by atoms with Gasteiger partial charge in [-0.2, -0.15) is 0 Å². The minimum absolute atomic E-state index is 0.0733. The van der Waals surface area contributed by atoms with Crippen molar-refractivity contribution in [2.75, 3.05) is 13.7 Å². The van der Waals surface area contributed by atoms with Crippen LogP contribution >= 0.6 is 0 Å². The summed E-state index contributed by atoms with van der Waals surface area (Å²) in [6.07, 6.45) is 0.0733. The molecule has 0 aliphatic rings. The molecule has 0 N–H and O–H groups in total. The van der Waals surface area contributed by atoms with E-state index in [4.69, 9.17) is 14.2 Å². The Morgan fingerprint density at radius 1 is 0.933 bits per heavy atom. The fourth-order valence-electron chi connectivity index (χ4n) is 3.18. The number of hydrogen-bond acceptors (Lipinski definition) is 3. The quantitative estimate of drug-likeness (QED) is 0.389. The second-order valence-corrected chi connectivity index (χ2v) is 8.06. The first-order valence-corrected chi connectivity index (χ1v) is 10.1. The van der Waals surface area contributed by atoms with Crippen molar-refractivity contribution in [1.82, 2.24) is 0 Å². The SMILES string of the molecule is COC(C)c1ccc(C(C)(C)COCc2ccc(F)c(Oc3ccccc3)c2)cc1. The second-order valence-electron chi connectivity index (χ2n) is 8.06. The molecule has 0 fully saturated rings. The van der Waals surface area contributed by atoms with Gasteiger partial charge in [0.25, 0.3) is 0 Å². The fourth-order valence-corrected chi connectivity index (χ4v) is 3.18. The van der Waals surface area contributed by atoms with E-state index < -0.39 is 5.82 Å². The van der Waals surface area contributed by atoms with Crippen molar-refractivity contribution >= 4 is 0 Å². The molecule has 0 radical (unpaired) electrons. The Morgan fingerprint density at radius 2 is 1.63 bits per heavy atom. The number of halogens is 1. The molecule has 0 saturated carbocycles. The molecule has 0 heterocycles. The molecular formula is C26H29FO3. The minimum Gasteiger partial charge on any atom is -0.454 e. The van der Waals surface area contributed by atoms with E-state index in [1.165, 1.54) is 11.6 Å². The molecule has 0 aliphatic heterocycles. The summed E-state index contributed by atoms with van der Waals surface area (Å²) in [6.45, 7) is 7.25. The van der Waals surface area contributed by atoms with E-state index in [1.807, 2.05) is 25.1 Å². The highest BCUT2D eigenvalue weighted by Gasteiger charge is 2.21. The highest BCUT2D eigenvalue weighted by Crippen LogP contribution is 2.28. The van der Waals surface area contributed by atoms with Crippen molar-refractivity contribution < 1.29 is 18.6 Å². The molecule has 158 valence electrons. The van der Waals surface area contributed by atoms with Gasteiger partial charge in [-0.3, -0.25) is 0 Å². The molecule has 3 rings (SSSR count). The van der Waals surface area contributed by atoms with E-state index >= 15 is 0 Å². The van der Waals surface area contributed by atoms with Gasteiger partial charge in [0.15, 0.2) is 11.6 Å². The predicted molar refractivity (Wildman–Crippen MR) is 117 cm³/mol. The zero-order chi connectivity index (χ0) is 21.6. The van der Waals surface area contributed by atoms with Crippen LogP contribution in [0.5, 0.6) is 11.5 Å². The molecular weight excluding hydrogens is 379 g/mol. The summed E-state index contributed by atoms with van der Waals surface area (Å²) in [7, 11) is 1.71. The number of methoxy groups -OCH3 is 1. The molecule has 3 aromatic carbocycles. The summed E-state index contributed by atoms with van der Waals surface area (Å²) in [6, 6.07) is 22.5. The molecule has 30 heavy (non-hydrogen) atoms. The lowest BCUT2D eigenvalue weighted by Gasteiger charge is -2.26. The van der Waals surface area contributed by atoms with Crippen LogP contribution in [0.2, 0.25) is 0 Å². The lowest BCUT2D eigenvalue weighted by Crippen LogP contribution is -2.24. The average Bonchev–Trinajstić information content (AvgIpc) is 2.76. The standard InChI is InChI=1S/C26H29FO3/c1-19(28-4)21-11-13-22(14-12-21)26(2,3)18-29-17-20-10-15-24(27)25(16-20)30-23-8-6-5-7-9-23/h5-16,19H,17-18H2,1-4H3. The monoisotopic (exact) mass is 408 g/mol. The van der Waals surface area contributed by atoms with Crippen LogP contribution in [-0.2, 0) is 21.5 Å². The summed E-state index contributed by atoms with van der Waals surface area (Å²) in [5.41, 5.74) is 3.05. The Labute approximate surface area is 178 Å². The van der Waals surface area contributed by atoms with E-state index in [2.05, 4.69) is 38.1 Å². The molecule has 3 nitrogen and oxygen atoms in total. The van der Waals surface area contributed by atoms with Gasteiger partial charge in [0.1, 0.15) is 5.75 Å². The Kier molecular flexibility index (Phi) is 7.24. The van der Waals surface area contributed by atoms with Crippen LogP contribution in [0.3, 0.4) is 0 Å².